The highest BCUT2D eigenvalue weighted by molar-refractivity contribution is 5.93. The number of carbonyl (C=O) groups is 1. The lowest BCUT2D eigenvalue weighted by molar-refractivity contribution is -0.128. The van der Waals surface area contributed by atoms with E-state index in [1.54, 1.807) is 12.7 Å². The van der Waals surface area contributed by atoms with Crippen LogP contribution in [0.5, 0.6) is 0 Å². The first-order chi connectivity index (χ1) is 15.3. The zero-order chi connectivity index (χ0) is 22.7. The van der Waals surface area contributed by atoms with Crippen molar-refractivity contribution in [2.75, 3.05) is 32.7 Å². The highest BCUT2D eigenvalue weighted by atomic mass is 16.5. The monoisotopic (exact) mass is 435 g/mol. The topological polar surface area (TPSA) is 49.8 Å². The van der Waals surface area contributed by atoms with Crippen LogP contribution in [0.15, 0.2) is 47.1 Å². The third-order valence-corrected chi connectivity index (χ3v) is 9.25. The van der Waals surface area contributed by atoms with Gasteiger partial charge < -0.3 is 14.7 Å². The molecule has 1 N–H and O–H groups in total. The molecule has 0 saturated heterocycles. The van der Waals surface area contributed by atoms with E-state index in [0.717, 1.165) is 38.5 Å². The number of methoxy groups -OCH3 is 1. The second-order valence-corrected chi connectivity index (χ2v) is 11.0. The normalized spacial score (nSPS) is 36.3. The number of fused-ring (bicyclic) bond motifs is 4. The molecule has 1 aromatic carbocycles. The Morgan fingerprint density at radius 1 is 1.12 bits per heavy atom. The number of allylic oxidation sites excluding steroid dienone is 4. The number of rotatable bonds is 4. The SMILES string of the molecule is COC[C@]1(O)CC[C@H]2[C@@H]3CCC4=CC(=O)CCC4=C3[C@@H](c3ccc(N(C)C)cc3)C[C@@]21C. The highest BCUT2D eigenvalue weighted by Gasteiger charge is 2.62. The summed E-state index contributed by atoms with van der Waals surface area (Å²) in [5.41, 5.74) is 5.93. The van der Waals surface area contributed by atoms with E-state index < -0.39 is 5.60 Å². The third kappa shape index (κ3) is 3.21. The van der Waals surface area contributed by atoms with Crippen molar-refractivity contribution in [1.29, 1.82) is 0 Å². The predicted octanol–water partition coefficient (Wildman–Crippen LogP) is 5.03. The average molecular weight is 436 g/mol. The Kier molecular flexibility index (Phi) is 5.37. The van der Waals surface area contributed by atoms with E-state index in [1.165, 1.54) is 22.4 Å². The van der Waals surface area contributed by atoms with E-state index in [1.807, 2.05) is 6.08 Å². The molecule has 0 unspecified atom stereocenters. The summed E-state index contributed by atoms with van der Waals surface area (Å²) in [6.07, 6.45) is 8.35. The van der Waals surface area contributed by atoms with Crippen molar-refractivity contribution in [1.82, 2.24) is 0 Å². The molecule has 32 heavy (non-hydrogen) atoms. The molecule has 5 atom stereocenters. The van der Waals surface area contributed by atoms with Crippen LogP contribution in [0, 0.1) is 17.3 Å². The van der Waals surface area contributed by atoms with Crippen molar-refractivity contribution in [2.45, 2.75) is 63.4 Å². The van der Waals surface area contributed by atoms with Gasteiger partial charge in [-0.3, -0.25) is 4.79 Å². The van der Waals surface area contributed by atoms with E-state index in [9.17, 15) is 9.90 Å². The van der Waals surface area contributed by atoms with Crippen LogP contribution in [0.25, 0.3) is 0 Å². The summed E-state index contributed by atoms with van der Waals surface area (Å²) in [7, 11) is 5.85. The Balaban J connectivity index is 1.65. The van der Waals surface area contributed by atoms with E-state index in [-0.39, 0.29) is 17.1 Å². The number of anilines is 1. The van der Waals surface area contributed by atoms with Gasteiger partial charge in [-0.05, 0) is 85.3 Å². The lowest BCUT2D eigenvalue weighted by atomic mass is 9.51. The number of ketones is 1. The van der Waals surface area contributed by atoms with Crippen LogP contribution < -0.4 is 4.90 Å². The van der Waals surface area contributed by atoms with Gasteiger partial charge in [-0.1, -0.05) is 24.6 Å². The first kappa shape index (κ1) is 21.9. The molecule has 4 nitrogen and oxygen atoms in total. The highest BCUT2D eigenvalue weighted by Crippen LogP contribution is 2.66. The molecule has 0 aromatic heterocycles. The number of hydrogen-bond acceptors (Lipinski definition) is 4. The molecule has 4 aliphatic carbocycles. The van der Waals surface area contributed by atoms with Gasteiger partial charge in [0.25, 0.3) is 0 Å². The van der Waals surface area contributed by atoms with Crippen LogP contribution in [0.3, 0.4) is 0 Å². The Hall–Kier alpha value is -1.91. The predicted molar refractivity (Wildman–Crippen MR) is 128 cm³/mol. The Morgan fingerprint density at radius 3 is 2.56 bits per heavy atom. The van der Waals surface area contributed by atoms with Crippen molar-refractivity contribution >= 4 is 11.5 Å². The smallest absolute Gasteiger partial charge is 0.156 e. The van der Waals surface area contributed by atoms with E-state index in [4.69, 9.17) is 4.74 Å². The lowest BCUT2D eigenvalue weighted by Crippen LogP contribution is -2.53. The van der Waals surface area contributed by atoms with E-state index in [0.29, 0.717) is 24.9 Å². The van der Waals surface area contributed by atoms with Crippen LogP contribution >= 0.6 is 0 Å². The minimum absolute atomic E-state index is 0.172. The molecular formula is C28H37NO3. The molecule has 2 fully saturated rings. The van der Waals surface area contributed by atoms with Crippen molar-refractivity contribution in [3.8, 4) is 0 Å². The number of carbonyl (C=O) groups excluding carboxylic acids is 1. The first-order valence-corrected chi connectivity index (χ1v) is 12.2. The van der Waals surface area contributed by atoms with Crippen molar-refractivity contribution in [3.05, 3.63) is 52.6 Å². The summed E-state index contributed by atoms with van der Waals surface area (Å²) in [4.78, 5) is 14.3. The summed E-state index contributed by atoms with van der Waals surface area (Å²) in [5, 5.41) is 11.8. The van der Waals surface area contributed by atoms with Crippen molar-refractivity contribution in [3.63, 3.8) is 0 Å². The Bertz CT molecular complexity index is 975. The van der Waals surface area contributed by atoms with E-state index >= 15 is 0 Å². The van der Waals surface area contributed by atoms with Gasteiger partial charge in [-0.15, -0.1) is 0 Å². The second kappa shape index (κ2) is 7.85. The fraction of sp³-hybridized carbons (Fsp3) is 0.607. The molecule has 0 bridgehead atoms. The van der Waals surface area contributed by atoms with E-state index in [2.05, 4.69) is 50.2 Å². The number of aliphatic hydroxyl groups is 1. The second-order valence-electron chi connectivity index (χ2n) is 11.0. The summed E-state index contributed by atoms with van der Waals surface area (Å²) >= 11 is 0. The maximum Gasteiger partial charge on any atom is 0.156 e. The minimum Gasteiger partial charge on any atom is -0.387 e. The van der Waals surface area contributed by atoms with Gasteiger partial charge in [0.15, 0.2) is 5.78 Å². The minimum atomic E-state index is -0.775. The van der Waals surface area contributed by atoms with Gasteiger partial charge >= 0.3 is 0 Å². The maximum atomic E-state index is 12.2. The molecule has 5 rings (SSSR count). The Labute approximate surface area is 192 Å². The zero-order valence-electron chi connectivity index (χ0n) is 20.0. The molecule has 0 aliphatic heterocycles. The van der Waals surface area contributed by atoms with Gasteiger partial charge in [0, 0.05) is 44.6 Å². The summed E-state index contributed by atoms with van der Waals surface area (Å²) in [6, 6.07) is 8.99. The molecule has 1 aromatic rings. The summed E-state index contributed by atoms with van der Waals surface area (Å²) in [6.45, 7) is 2.73. The molecule has 172 valence electrons. The van der Waals surface area contributed by atoms with Gasteiger partial charge in [0.2, 0.25) is 0 Å². The number of hydrogen-bond donors (Lipinski definition) is 1. The van der Waals surface area contributed by atoms with Crippen LogP contribution in [0.2, 0.25) is 0 Å². The molecule has 4 heteroatoms. The van der Waals surface area contributed by atoms with Crippen molar-refractivity contribution in [2.24, 2.45) is 17.3 Å². The molecule has 0 radical (unpaired) electrons. The zero-order valence-corrected chi connectivity index (χ0v) is 20.0. The Morgan fingerprint density at radius 2 is 1.88 bits per heavy atom. The molecule has 2 saturated carbocycles. The fourth-order valence-corrected chi connectivity index (χ4v) is 7.53. The summed E-state index contributed by atoms with van der Waals surface area (Å²) in [5.74, 6) is 1.52. The molecular weight excluding hydrogens is 398 g/mol. The lowest BCUT2D eigenvalue weighted by Gasteiger charge is -2.54. The largest absolute Gasteiger partial charge is 0.387 e. The van der Waals surface area contributed by atoms with Crippen molar-refractivity contribution < 1.29 is 14.6 Å². The molecule has 0 amide bonds. The fourth-order valence-electron chi connectivity index (χ4n) is 7.53. The third-order valence-electron chi connectivity index (χ3n) is 9.25. The van der Waals surface area contributed by atoms with Gasteiger partial charge in [-0.2, -0.15) is 0 Å². The van der Waals surface area contributed by atoms with Gasteiger partial charge in [0.05, 0.1) is 12.2 Å². The standard InChI is InChI=1S/C28H37NO3/c1-27-16-24(18-5-8-20(9-6-18)29(2)3)26-22-12-10-21(30)15-19(22)7-11-23(26)25(27)13-14-28(27,31)17-32-4/h5-6,8-9,15,23-25,31H,7,10-14,16-17H2,1-4H3/t23-,24+,25-,27-,28+/m0/s1. The quantitative estimate of drug-likeness (QED) is 0.721. The maximum absolute atomic E-state index is 12.2. The first-order valence-electron chi connectivity index (χ1n) is 12.2. The molecule has 4 aliphatic rings. The van der Waals surface area contributed by atoms with Gasteiger partial charge in [0.1, 0.15) is 0 Å². The van der Waals surface area contributed by atoms with Crippen LogP contribution in [-0.2, 0) is 9.53 Å². The number of benzene rings is 1. The van der Waals surface area contributed by atoms with Crippen LogP contribution in [0.1, 0.15) is 63.4 Å². The number of ether oxygens (including phenoxy) is 1. The average Bonchev–Trinajstić information content (AvgIpc) is 3.03. The van der Waals surface area contributed by atoms with Gasteiger partial charge in [-0.25, -0.2) is 0 Å². The number of nitrogens with zero attached hydrogens (tertiary/aromatic N) is 1. The summed E-state index contributed by atoms with van der Waals surface area (Å²) < 4.78 is 5.55. The van der Waals surface area contributed by atoms with Crippen LogP contribution in [0.4, 0.5) is 5.69 Å². The molecule has 0 heterocycles. The van der Waals surface area contributed by atoms with Crippen LogP contribution in [-0.4, -0.2) is 44.3 Å². The molecule has 0 spiro atoms.